The number of anilines is 2. The van der Waals surface area contributed by atoms with Crippen molar-refractivity contribution >= 4 is 28.4 Å². The second-order valence-corrected chi connectivity index (χ2v) is 8.97. The summed E-state index contributed by atoms with van der Waals surface area (Å²) in [6.07, 6.45) is 3.47. The number of hydrogen-bond acceptors (Lipinski definition) is 6. The van der Waals surface area contributed by atoms with Gasteiger partial charge in [-0.25, -0.2) is 14.8 Å². The Morgan fingerprint density at radius 1 is 1.05 bits per heavy atom. The molecule has 1 aromatic heterocycles. The first kappa shape index (κ1) is 24.9. The van der Waals surface area contributed by atoms with E-state index in [4.69, 9.17) is 9.47 Å². The van der Waals surface area contributed by atoms with E-state index in [-0.39, 0.29) is 11.9 Å². The van der Waals surface area contributed by atoms with Gasteiger partial charge in [-0.3, -0.25) is 0 Å². The molecule has 0 bridgehead atoms. The number of para-hydroxylation sites is 1. The summed E-state index contributed by atoms with van der Waals surface area (Å²) in [7, 11) is 3.27. The summed E-state index contributed by atoms with van der Waals surface area (Å²) >= 11 is 0. The van der Waals surface area contributed by atoms with E-state index in [1.165, 1.54) is 6.33 Å². The molecule has 0 spiro atoms. The minimum absolute atomic E-state index is 0.0497. The number of rotatable bonds is 5. The van der Waals surface area contributed by atoms with Gasteiger partial charge in [0.05, 0.1) is 12.6 Å². The molecule has 2 N–H and O–H groups in total. The zero-order valence-electron chi connectivity index (χ0n) is 21.4. The summed E-state index contributed by atoms with van der Waals surface area (Å²) < 4.78 is 11.6. The van der Waals surface area contributed by atoms with Crippen LogP contribution in [0.2, 0.25) is 0 Å². The topological polar surface area (TPSA) is 88.6 Å². The van der Waals surface area contributed by atoms with Crippen LogP contribution in [0.25, 0.3) is 10.9 Å². The monoisotopic (exact) mass is 507 g/mol. The number of methoxy groups -OCH3 is 1. The number of fused-ring (bicyclic) bond motifs is 1. The normalized spacial score (nSPS) is 14.8. The number of piperidine rings is 1. The number of urea groups is 1. The molecule has 8 heteroatoms. The first-order valence-corrected chi connectivity index (χ1v) is 12.5. The molecule has 2 heterocycles. The van der Waals surface area contributed by atoms with E-state index >= 15 is 0 Å². The molecule has 3 aromatic carbocycles. The lowest BCUT2D eigenvalue weighted by molar-refractivity contribution is 0.179. The average molecular weight is 508 g/mol. The number of carbonyl (C=O) groups is 1. The molecule has 4 aromatic rings. The molecule has 5 rings (SSSR count). The fraction of sp³-hybridized carbons (Fsp3) is 0.233. The zero-order valence-corrected chi connectivity index (χ0v) is 21.4. The van der Waals surface area contributed by atoms with Crippen molar-refractivity contribution in [2.75, 3.05) is 32.6 Å². The maximum Gasteiger partial charge on any atom is 0.317 e. The second kappa shape index (κ2) is 11.5. The Morgan fingerprint density at radius 3 is 2.74 bits per heavy atom. The van der Waals surface area contributed by atoms with Gasteiger partial charge in [-0.05, 0) is 55.3 Å². The molecule has 1 aliphatic rings. The van der Waals surface area contributed by atoms with Crippen LogP contribution in [0.1, 0.15) is 18.4 Å². The van der Waals surface area contributed by atoms with E-state index in [9.17, 15) is 4.79 Å². The van der Waals surface area contributed by atoms with E-state index < -0.39 is 0 Å². The van der Waals surface area contributed by atoms with Crippen molar-refractivity contribution in [3.63, 3.8) is 0 Å². The molecule has 1 atom stereocenters. The van der Waals surface area contributed by atoms with Crippen LogP contribution in [-0.2, 0) is 0 Å². The molecule has 192 valence electrons. The molecule has 1 saturated heterocycles. The Morgan fingerprint density at radius 2 is 1.92 bits per heavy atom. The Balaban J connectivity index is 1.36. The average Bonchev–Trinajstić information content (AvgIpc) is 2.97. The van der Waals surface area contributed by atoms with Gasteiger partial charge in [0.25, 0.3) is 0 Å². The van der Waals surface area contributed by atoms with Crippen LogP contribution in [0.4, 0.5) is 16.3 Å². The number of ether oxygens (including phenoxy) is 2. The van der Waals surface area contributed by atoms with Gasteiger partial charge in [0.15, 0.2) is 11.5 Å². The molecular formula is C30H29N5O3. The number of amides is 2. The van der Waals surface area contributed by atoms with Gasteiger partial charge in [-0.15, -0.1) is 0 Å². The van der Waals surface area contributed by atoms with Gasteiger partial charge in [-0.1, -0.05) is 30.0 Å². The number of aromatic nitrogens is 2. The van der Waals surface area contributed by atoms with Crippen LogP contribution >= 0.6 is 0 Å². The van der Waals surface area contributed by atoms with Crippen molar-refractivity contribution in [3.8, 4) is 29.1 Å². The first-order chi connectivity index (χ1) is 18.6. The quantitative estimate of drug-likeness (QED) is 0.343. The number of benzene rings is 3. The highest BCUT2D eigenvalue weighted by atomic mass is 16.5. The van der Waals surface area contributed by atoms with Gasteiger partial charge in [0.1, 0.15) is 17.9 Å². The van der Waals surface area contributed by atoms with Crippen LogP contribution in [0.15, 0.2) is 73.1 Å². The van der Waals surface area contributed by atoms with Gasteiger partial charge in [0, 0.05) is 48.8 Å². The Bertz CT molecular complexity index is 1500. The van der Waals surface area contributed by atoms with E-state index in [0.29, 0.717) is 23.9 Å². The van der Waals surface area contributed by atoms with Crippen molar-refractivity contribution in [2.24, 2.45) is 5.92 Å². The van der Waals surface area contributed by atoms with Crippen molar-refractivity contribution in [2.45, 2.75) is 12.8 Å². The number of nitrogens with zero attached hydrogens (tertiary/aromatic N) is 3. The highest BCUT2D eigenvalue weighted by Gasteiger charge is 2.21. The minimum atomic E-state index is -0.0497. The number of carbonyl (C=O) groups excluding carboxylic acids is 1. The Hall–Kier alpha value is -4.77. The SMILES string of the molecule is CNC(=O)N1CCCC(C#Cc2ccc3ncnc(Nc4ccc(Oc5ccccc5)c(OC)c4)c3c2)C1. The lowest BCUT2D eigenvalue weighted by Crippen LogP contribution is -2.44. The lowest BCUT2D eigenvalue weighted by atomic mass is 9.98. The minimum Gasteiger partial charge on any atom is -0.493 e. The predicted octanol–water partition coefficient (Wildman–Crippen LogP) is 5.58. The highest BCUT2D eigenvalue weighted by molar-refractivity contribution is 5.91. The maximum absolute atomic E-state index is 12.0. The molecule has 1 aliphatic heterocycles. The predicted molar refractivity (Wildman–Crippen MR) is 148 cm³/mol. The smallest absolute Gasteiger partial charge is 0.317 e. The van der Waals surface area contributed by atoms with Crippen LogP contribution in [-0.4, -0.2) is 48.1 Å². The van der Waals surface area contributed by atoms with E-state index in [1.807, 2.05) is 71.6 Å². The van der Waals surface area contributed by atoms with E-state index in [0.717, 1.165) is 47.3 Å². The maximum atomic E-state index is 12.0. The van der Waals surface area contributed by atoms with Crippen LogP contribution < -0.4 is 20.1 Å². The molecular weight excluding hydrogens is 478 g/mol. The third-order valence-electron chi connectivity index (χ3n) is 6.38. The largest absolute Gasteiger partial charge is 0.493 e. The van der Waals surface area contributed by atoms with Crippen LogP contribution in [0.5, 0.6) is 17.2 Å². The van der Waals surface area contributed by atoms with Crippen LogP contribution in [0.3, 0.4) is 0 Å². The summed E-state index contributed by atoms with van der Waals surface area (Å²) in [4.78, 5) is 22.7. The summed E-state index contributed by atoms with van der Waals surface area (Å²) in [6.45, 7) is 1.41. The van der Waals surface area contributed by atoms with Crippen molar-refractivity contribution in [1.82, 2.24) is 20.2 Å². The van der Waals surface area contributed by atoms with E-state index in [2.05, 4.69) is 32.4 Å². The number of nitrogens with one attached hydrogen (secondary N) is 2. The third-order valence-corrected chi connectivity index (χ3v) is 6.38. The lowest BCUT2D eigenvalue weighted by Gasteiger charge is -2.29. The third kappa shape index (κ3) is 5.79. The van der Waals surface area contributed by atoms with Crippen molar-refractivity contribution in [3.05, 3.63) is 78.6 Å². The highest BCUT2D eigenvalue weighted by Crippen LogP contribution is 2.35. The van der Waals surface area contributed by atoms with Crippen molar-refractivity contribution in [1.29, 1.82) is 0 Å². The first-order valence-electron chi connectivity index (χ1n) is 12.5. The van der Waals surface area contributed by atoms with Crippen LogP contribution in [0, 0.1) is 17.8 Å². The molecule has 38 heavy (non-hydrogen) atoms. The van der Waals surface area contributed by atoms with Gasteiger partial charge in [-0.2, -0.15) is 0 Å². The number of hydrogen-bond donors (Lipinski definition) is 2. The van der Waals surface area contributed by atoms with Gasteiger partial charge < -0.3 is 25.0 Å². The standard InChI is InChI=1S/C30H29N5O3/c1-31-30(36)35-16-6-7-22(19-35)11-10-21-12-14-26-25(17-21)29(33-20-32-26)34-23-13-15-27(28(18-23)37-2)38-24-8-4-3-5-9-24/h3-5,8-9,12-15,17-18,20,22H,6-7,16,19H2,1-2H3,(H,31,36)(H,32,33,34). The Kier molecular flexibility index (Phi) is 7.55. The summed E-state index contributed by atoms with van der Waals surface area (Å²) in [5.74, 6) is 9.42. The molecule has 1 fully saturated rings. The molecule has 0 saturated carbocycles. The summed E-state index contributed by atoms with van der Waals surface area (Å²) in [5.41, 5.74) is 2.49. The summed E-state index contributed by atoms with van der Waals surface area (Å²) in [5, 5.41) is 6.94. The molecule has 0 aliphatic carbocycles. The number of likely N-dealkylation sites (tertiary alicyclic amines) is 1. The molecule has 2 amide bonds. The van der Waals surface area contributed by atoms with Crippen molar-refractivity contribution < 1.29 is 14.3 Å². The van der Waals surface area contributed by atoms with E-state index in [1.54, 1.807) is 14.2 Å². The second-order valence-electron chi connectivity index (χ2n) is 8.97. The molecule has 8 nitrogen and oxygen atoms in total. The Labute approximate surface area is 222 Å². The van der Waals surface area contributed by atoms with Gasteiger partial charge in [0.2, 0.25) is 0 Å². The molecule has 1 unspecified atom stereocenters. The fourth-order valence-corrected chi connectivity index (χ4v) is 4.44. The zero-order chi connectivity index (χ0) is 26.3. The fourth-order valence-electron chi connectivity index (χ4n) is 4.44. The molecule has 0 radical (unpaired) electrons. The summed E-state index contributed by atoms with van der Waals surface area (Å²) in [6, 6.07) is 21.1. The van der Waals surface area contributed by atoms with Gasteiger partial charge >= 0.3 is 6.03 Å².